The van der Waals surface area contributed by atoms with Crippen molar-refractivity contribution in [2.45, 2.75) is 0 Å². The van der Waals surface area contributed by atoms with Crippen LogP contribution in [0.1, 0.15) is 9.67 Å². The van der Waals surface area contributed by atoms with Gasteiger partial charge in [-0.25, -0.2) is 4.98 Å². The van der Waals surface area contributed by atoms with E-state index in [1.54, 1.807) is 7.05 Å². The molecular formula is C11H11IN4OS. The van der Waals surface area contributed by atoms with Crippen molar-refractivity contribution in [3.05, 3.63) is 32.7 Å². The average Bonchev–Trinajstić information content (AvgIpc) is 2.73. The van der Waals surface area contributed by atoms with E-state index in [9.17, 15) is 4.79 Å². The number of amides is 1. The molecule has 7 heteroatoms. The van der Waals surface area contributed by atoms with Gasteiger partial charge in [-0.2, -0.15) is 0 Å². The fourth-order valence-electron chi connectivity index (χ4n) is 1.32. The predicted octanol–water partition coefficient (Wildman–Crippen LogP) is 2.62. The lowest BCUT2D eigenvalue weighted by Gasteiger charge is -2.03. The largest absolute Gasteiger partial charge is 0.382 e. The highest BCUT2D eigenvalue weighted by Gasteiger charge is 2.15. The van der Waals surface area contributed by atoms with Gasteiger partial charge in [-0.1, -0.05) is 11.3 Å². The Labute approximate surface area is 122 Å². The van der Waals surface area contributed by atoms with E-state index in [0.717, 1.165) is 9.26 Å². The number of carbonyl (C=O) groups is 1. The third-order valence-corrected chi connectivity index (χ3v) is 3.98. The smallest absolute Gasteiger partial charge is 0.269 e. The molecule has 2 aromatic rings. The maximum atomic E-state index is 12.0. The Hall–Kier alpha value is -1.35. The average molecular weight is 374 g/mol. The Morgan fingerprint density at radius 2 is 2.06 bits per heavy atom. The molecule has 4 N–H and O–H groups in total. The number of anilines is 3. The lowest BCUT2D eigenvalue weighted by molar-refractivity contribution is 0.103. The van der Waals surface area contributed by atoms with Gasteiger partial charge in [0.15, 0.2) is 5.13 Å². The molecule has 0 saturated carbocycles. The number of rotatable bonds is 3. The number of aromatic nitrogens is 1. The molecule has 18 heavy (non-hydrogen) atoms. The van der Waals surface area contributed by atoms with Crippen molar-refractivity contribution in [2.24, 2.45) is 0 Å². The predicted molar refractivity (Wildman–Crippen MR) is 83.2 cm³/mol. The van der Waals surface area contributed by atoms with Crippen molar-refractivity contribution in [3.63, 3.8) is 0 Å². The monoisotopic (exact) mass is 374 g/mol. The molecule has 1 aromatic carbocycles. The molecule has 0 saturated heterocycles. The highest BCUT2D eigenvalue weighted by atomic mass is 127. The van der Waals surface area contributed by atoms with E-state index in [0.29, 0.717) is 10.0 Å². The van der Waals surface area contributed by atoms with Crippen LogP contribution in [0.2, 0.25) is 0 Å². The summed E-state index contributed by atoms with van der Waals surface area (Å²) in [5, 5.41) is 6.27. The second-order valence-corrected chi connectivity index (χ2v) is 5.69. The number of benzene rings is 1. The zero-order valence-electron chi connectivity index (χ0n) is 9.53. The van der Waals surface area contributed by atoms with Gasteiger partial charge in [0.05, 0.1) is 0 Å². The normalized spacial score (nSPS) is 10.1. The minimum absolute atomic E-state index is 0.243. The van der Waals surface area contributed by atoms with Gasteiger partial charge >= 0.3 is 0 Å². The molecule has 0 unspecified atom stereocenters. The van der Waals surface area contributed by atoms with Crippen LogP contribution >= 0.6 is 33.9 Å². The minimum atomic E-state index is -0.243. The molecule has 5 nitrogen and oxygen atoms in total. The van der Waals surface area contributed by atoms with Gasteiger partial charge in [0, 0.05) is 16.3 Å². The summed E-state index contributed by atoms with van der Waals surface area (Å²) in [6.07, 6.45) is 0. The maximum Gasteiger partial charge on any atom is 0.269 e. The number of nitrogens with one attached hydrogen (secondary N) is 2. The van der Waals surface area contributed by atoms with E-state index in [1.165, 1.54) is 11.3 Å². The Morgan fingerprint density at radius 3 is 2.61 bits per heavy atom. The van der Waals surface area contributed by atoms with E-state index in [2.05, 4.69) is 38.2 Å². The second-order valence-electron chi connectivity index (χ2n) is 3.44. The second kappa shape index (κ2) is 5.53. The molecule has 0 fully saturated rings. The van der Waals surface area contributed by atoms with Gasteiger partial charge in [-0.3, -0.25) is 4.79 Å². The minimum Gasteiger partial charge on any atom is -0.382 e. The maximum absolute atomic E-state index is 12.0. The van der Waals surface area contributed by atoms with Crippen LogP contribution in [0.4, 0.5) is 16.6 Å². The summed E-state index contributed by atoms with van der Waals surface area (Å²) in [6.45, 7) is 0. The van der Waals surface area contributed by atoms with Crippen molar-refractivity contribution < 1.29 is 4.79 Å². The molecule has 1 heterocycles. The Kier molecular flexibility index (Phi) is 4.02. The third-order valence-electron chi connectivity index (χ3n) is 2.18. The molecular weight excluding hydrogens is 363 g/mol. The number of thiazole rings is 1. The molecule has 1 aromatic heterocycles. The SMILES string of the molecule is CNc1nc(N)c(C(=O)Nc2ccc(I)cc2)s1. The standard InChI is InChI=1S/C11H11IN4OS/c1-14-11-16-9(13)8(18-11)10(17)15-7-4-2-6(12)3-5-7/h2-5H,13H2,1H3,(H,14,16)(H,15,17). The number of hydrogen-bond acceptors (Lipinski definition) is 5. The van der Waals surface area contributed by atoms with Crippen molar-refractivity contribution in [2.75, 3.05) is 23.4 Å². The molecule has 0 aliphatic heterocycles. The van der Waals surface area contributed by atoms with Gasteiger partial charge in [-0.15, -0.1) is 0 Å². The van der Waals surface area contributed by atoms with Gasteiger partial charge in [0.1, 0.15) is 10.7 Å². The number of nitrogens with two attached hydrogens (primary N) is 1. The lowest BCUT2D eigenvalue weighted by Crippen LogP contribution is -2.12. The Balaban J connectivity index is 2.16. The molecule has 1 amide bonds. The van der Waals surface area contributed by atoms with Gasteiger partial charge < -0.3 is 16.4 Å². The summed E-state index contributed by atoms with van der Waals surface area (Å²) in [6, 6.07) is 7.53. The molecule has 0 spiro atoms. The Bertz CT molecular complexity index is 567. The van der Waals surface area contributed by atoms with Crippen LogP contribution in [0.25, 0.3) is 0 Å². The van der Waals surface area contributed by atoms with Crippen LogP contribution in [0.3, 0.4) is 0 Å². The summed E-state index contributed by atoms with van der Waals surface area (Å²) in [7, 11) is 1.74. The lowest BCUT2D eigenvalue weighted by atomic mass is 10.3. The van der Waals surface area contributed by atoms with Gasteiger partial charge in [0.25, 0.3) is 5.91 Å². The van der Waals surface area contributed by atoms with Crippen molar-refractivity contribution in [1.29, 1.82) is 0 Å². The summed E-state index contributed by atoms with van der Waals surface area (Å²) in [5.41, 5.74) is 6.43. The molecule has 0 radical (unpaired) electrons. The zero-order chi connectivity index (χ0) is 13.1. The van der Waals surface area contributed by atoms with Gasteiger partial charge in [0.2, 0.25) is 0 Å². The van der Waals surface area contributed by atoms with E-state index in [-0.39, 0.29) is 11.7 Å². The molecule has 2 rings (SSSR count). The van der Waals surface area contributed by atoms with Crippen LogP contribution in [0.15, 0.2) is 24.3 Å². The first kappa shape index (κ1) is 13.1. The van der Waals surface area contributed by atoms with Crippen molar-refractivity contribution in [1.82, 2.24) is 4.98 Å². The third kappa shape index (κ3) is 2.91. The van der Waals surface area contributed by atoms with E-state index < -0.39 is 0 Å². The van der Waals surface area contributed by atoms with Crippen molar-refractivity contribution in [3.8, 4) is 0 Å². The van der Waals surface area contributed by atoms with E-state index >= 15 is 0 Å². The first-order valence-electron chi connectivity index (χ1n) is 5.11. The molecule has 94 valence electrons. The highest BCUT2D eigenvalue weighted by Crippen LogP contribution is 2.25. The zero-order valence-corrected chi connectivity index (χ0v) is 12.5. The topological polar surface area (TPSA) is 80.0 Å². The first-order valence-corrected chi connectivity index (χ1v) is 7.00. The highest BCUT2D eigenvalue weighted by molar-refractivity contribution is 14.1. The number of carbonyl (C=O) groups excluding carboxylic acids is 1. The summed E-state index contributed by atoms with van der Waals surface area (Å²) in [4.78, 5) is 16.4. The van der Waals surface area contributed by atoms with Crippen molar-refractivity contribution >= 4 is 56.5 Å². The molecule has 0 bridgehead atoms. The van der Waals surface area contributed by atoms with Gasteiger partial charge in [-0.05, 0) is 46.9 Å². The van der Waals surface area contributed by atoms with E-state index in [1.807, 2.05) is 24.3 Å². The summed E-state index contributed by atoms with van der Waals surface area (Å²) >= 11 is 3.44. The number of halogens is 1. The van der Waals surface area contributed by atoms with Crippen LogP contribution in [-0.2, 0) is 0 Å². The van der Waals surface area contributed by atoms with E-state index in [4.69, 9.17) is 5.73 Å². The fourth-order valence-corrected chi connectivity index (χ4v) is 2.42. The number of nitrogen functional groups attached to an aromatic ring is 1. The molecule has 0 aliphatic rings. The van der Waals surface area contributed by atoms with Crippen LogP contribution in [-0.4, -0.2) is 17.9 Å². The number of hydrogen-bond donors (Lipinski definition) is 3. The first-order chi connectivity index (χ1) is 8.60. The van der Waals surface area contributed by atoms with Crippen LogP contribution in [0.5, 0.6) is 0 Å². The van der Waals surface area contributed by atoms with Crippen LogP contribution in [0, 0.1) is 3.57 Å². The molecule has 0 atom stereocenters. The number of nitrogens with zero attached hydrogens (tertiary/aromatic N) is 1. The quantitative estimate of drug-likeness (QED) is 0.722. The summed E-state index contributed by atoms with van der Waals surface area (Å²) in [5.74, 6) is 0.0000647. The fraction of sp³-hybridized carbons (Fsp3) is 0.0909. The molecule has 0 aliphatic carbocycles. The Morgan fingerprint density at radius 1 is 1.39 bits per heavy atom. The summed E-state index contributed by atoms with van der Waals surface area (Å²) < 4.78 is 1.11. The van der Waals surface area contributed by atoms with Crippen LogP contribution < -0.4 is 16.4 Å².